The number of amides is 1. The third-order valence-corrected chi connectivity index (χ3v) is 205. The molecule has 0 saturated carbocycles. The van der Waals surface area contributed by atoms with Gasteiger partial charge < -0.3 is 10.1 Å². The quantitative estimate of drug-likeness (QED) is 0.462. The fraction of sp³-hybridized carbons (Fsp3) is 0.429. The molecule has 1 aliphatic heterocycles. The Morgan fingerprint density at radius 1 is 0.270 bits per heavy atom. The molecular formula is C14H17NO3S93. The smallest absolute Gasteiger partial charge is 0.229 e. The average molecular weight is 3230 g/mol. The van der Waals surface area contributed by atoms with Gasteiger partial charge in [-0.3, -0.25) is 9.59 Å². The van der Waals surface area contributed by atoms with E-state index in [-0.39, 0.29) is 5.91 Å². The number of rotatable bonds is 2. The van der Waals surface area contributed by atoms with E-state index in [1.165, 1.54) is 17.8 Å². The van der Waals surface area contributed by atoms with E-state index in [9.17, 15) is 9.59 Å². The van der Waals surface area contributed by atoms with Gasteiger partial charge in [-0.15, -0.1) is 0 Å². The van der Waals surface area contributed by atoms with Crippen LogP contribution >= 0.6 is 0 Å². The van der Waals surface area contributed by atoms with E-state index in [1.54, 1.807) is 119 Å². The third kappa shape index (κ3) is 101. The van der Waals surface area contributed by atoms with Crippen molar-refractivity contribution in [3.8, 4) is 5.75 Å². The maximum atomic E-state index is 11.9. The topological polar surface area (TPSA) is 55.4 Å². The summed E-state index contributed by atoms with van der Waals surface area (Å²) in [6.45, 7) is 6.11. The first-order valence-corrected chi connectivity index (χ1v) is 144. The van der Waals surface area contributed by atoms with Crippen molar-refractivity contribution >= 4 is 848 Å². The van der Waals surface area contributed by atoms with Gasteiger partial charge in [0, 0.05) is 854 Å². The van der Waals surface area contributed by atoms with Gasteiger partial charge in [-0.05, 0) is 11.6 Å². The number of fused-ring (bicyclic) bond motifs is 1. The molecule has 97 heteroatoms. The lowest BCUT2D eigenvalue weighted by Gasteiger charge is -2.18. The van der Waals surface area contributed by atoms with Gasteiger partial charge in [0.25, 0.3) is 0 Å². The summed E-state index contributed by atoms with van der Waals surface area (Å²) in [5, 5.41) is 2.78. The summed E-state index contributed by atoms with van der Waals surface area (Å²) in [4.78, 5) is 23.0. The molecule has 0 fully saturated rings. The Bertz CT molecular complexity index is 7900. The molecule has 4 nitrogen and oxygen atoms in total. The first-order valence-electron chi connectivity index (χ1n) is 21.3. The van der Waals surface area contributed by atoms with Crippen LogP contribution in [0.5, 0.6) is 5.75 Å². The summed E-state index contributed by atoms with van der Waals surface area (Å²) in [6, 6.07) is 3.52. The molecule has 1 aliphatic rings. The Hall–Kier alpha value is 18.6. The number of benzene rings is 1. The van der Waals surface area contributed by atoms with Crippen LogP contribution in [0.25, 0.3) is 0 Å². The van der Waals surface area contributed by atoms with Crippen molar-refractivity contribution in [3.05, 3.63) is 23.3 Å². The van der Waals surface area contributed by atoms with Gasteiger partial charge in [-0.2, -0.15) is 0 Å². The highest BCUT2D eigenvalue weighted by molar-refractivity contribution is 8.86. The maximum Gasteiger partial charge on any atom is 0.229 e. The van der Waals surface area contributed by atoms with Crippen LogP contribution in [0.3, 0.4) is 0 Å². The highest BCUT2D eigenvalue weighted by Crippen LogP contribution is 2.31. The lowest BCUT2D eigenvalue weighted by atomic mass is 9.95. The SMILES string of the molecule is CC(C)(C)C(=O)Nc1cc2c(cc1C=O)CCO2.S=S=S=S=S=S=S=S=S=S=S=S=S=S=S=S=S=S=S=S=S=S=S=S=S=S=S=S=S=S=S=S=S=S=S=S=S=S=S=S=S=S=S=S=S=S=S=S=S=S=S=S=S=S=S=S=S=S=S=S=S=S=S=S=S=S=S=S=S=S=S=S=S=S=S=S=S=S=S=S=S=S=S=S=S=S=S=S=S=S=S=S=S. The van der Waals surface area contributed by atoms with Gasteiger partial charge in [0.05, 0.1) is 12.3 Å². The largest absolute Gasteiger partial charge is 0.493 e. The zero-order chi connectivity index (χ0) is 79.7. The number of carbonyl (C=O) groups excluding carboxylic acids is 2. The van der Waals surface area contributed by atoms with Crippen LogP contribution < -0.4 is 10.1 Å². The Morgan fingerprint density at radius 2 is 0.414 bits per heavy atom. The molecule has 654 valence electrons. The van der Waals surface area contributed by atoms with Gasteiger partial charge in [0.2, 0.25) is 5.91 Å². The number of aldehydes is 1. The van der Waals surface area contributed by atoms with Gasteiger partial charge in [-0.1, -0.05) is 20.8 Å². The molecule has 0 spiro atoms. The van der Waals surface area contributed by atoms with Crippen LogP contribution in [0.1, 0.15) is 36.7 Å². The number of hydrogen-bond acceptors (Lipinski definition) is 5. The number of carbonyl (C=O) groups is 2. The highest BCUT2D eigenvalue weighted by Gasteiger charge is 2.23. The van der Waals surface area contributed by atoms with Crippen LogP contribution in [0.15, 0.2) is 12.1 Å². The summed E-state index contributed by atoms with van der Waals surface area (Å²) in [5.74, 6) is 0.633. The predicted octanol–water partition coefficient (Wildman–Crippen LogP) is 2.20. The zero-order valence-corrected chi connectivity index (χ0v) is 125. The minimum Gasteiger partial charge on any atom is -0.493 e. The number of hydrogen-bond donors (Lipinski definition) is 1. The minimum absolute atomic E-state index is 0.122. The molecule has 0 unspecified atom stereocenters. The van der Waals surface area contributed by atoms with Crippen LogP contribution in [-0.2, 0) is 842 Å². The molecule has 0 atom stereocenters. The summed E-state index contributed by atoms with van der Waals surface area (Å²) in [5.41, 5.74) is 1.54. The van der Waals surface area contributed by atoms with Gasteiger partial charge in [0.1, 0.15) is 5.75 Å². The summed E-state index contributed by atoms with van der Waals surface area (Å²) in [7, 11) is 165. The van der Waals surface area contributed by atoms with E-state index in [2.05, 4.69) is 5.32 Å². The minimum atomic E-state index is -0.500. The molecule has 1 N–H and O–H groups in total. The van der Waals surface area contributed by atoms with Crippen LogP contribution in [0, 0.1) is 5.41 Å². The van der Waals surface area contributed by atoms with Crippen LogP contribution in [0.4, 0.5) is 5.69 Å². The summed E-state index contributed by atoms with van der Waals surface area (Å²) < 4.78 is 5.44. The van der Waals surface area contributed by atoms with E-state index >= 15 is 0 Å². The van der Waals surface area contributed by atoms with Gasteiger partial charge in [0.15, 0.2) is 6.29 Å². The van der Waals surface area contributed by atoms with E-state index in [0.29, 0.717) is 17.9 Å². The van der Waals surface area contributed by atoms with Crippen molar-refractivity contribution in [2.75, 3.05) is 11.9 Å². The molecule has 0 saturated heterocycles. The first-order chi connectivity index (χ1) is 54.8. The third-order valence-electron chi connectivity index (χ3n) is 5.42. The van der Waals surface area contributed by atoms with Gasteiger partial charge in [-0.25, -0.2) is 0 Å². The molecular weight excluding hydrogens is 3210 g/mol. The number of ether oxygens (including phenoxy) is 1. The zero-order valence-electron chi connectivity index (χ0n) is 48.8. The second-order valence-electron chi connectivity index (χ2n) is 11.7. The van der Waals surface area contributed by atoms with Crippen molar-refractivity contribution in [2.24, 2.45) is 5.41 Å². The van der Waals surface area contributed by atoms with Crippen LogP contribution in [-0.4, -0.2) is 18.8 Å². The molecule has 0 radical (unpaired) electrons. The molecule has 2 rings (SSSR count). The Labute approximate surface area is 909 Å². The highest BCUT2D eigenvalue weighted by atomic mass is 33.6. The predicted molar refractivity (Wildman–Crippen MR) is 754 cm³/mol. The number of nitrogens with one attached hydrogen (secondary N) is 1. The maximum absolute atomic E-state index is 11.9. The fourth-order valence-corrected chi connectivity index (χ4v) is 247. The van der Waals surface area contributed by atoms with E-state index in [1.807, 2.05) is 705 Å². The molecule has 1 amide bonds. The first kappa shape index (κ1) is 128. The van der Waals surface area contributed by atoms with Crippen LogP contribution in [0.2, 0.25) is 0 Å². The number of anilines is 1. The van der Waals surface area contributed by atoms with Crippen molar-refractivity contribution in [3.63, 3.8) is 0 Å². The van der Waals surface area contributed by atoms with Gasteiger partial charge >= 0.3 is 0 Å². The summed E-state index contributed by atoms with van der Waals surface area (Å²) in [6.07, 6.45) is 1.57. The van der Waals surface area contributed by atoms with Crippen molar-refractivity contribution < 1.29 is 14.3 Å². The van der Waals surface area contributed by atoms with E-state index in [0.717, 1.165) is 24.0 Å². The molecule has 1 aromatic rings. The normalized spacial score (nSPS) is 8.82. The second-order valence-corrected chi connectivity index (χ2v) is 173. The molecule has 1 aromatic carbocycles. The summed E-state index contributed by atoms with van der Waals surface area (Å²) >= 11 is 9.66. The molecule has 0 aromatic heterocycles. The molecule has 1 heterocycles. The average Bonchev–Trinajstić information content (AvgIpc) is 1.74. The Morgan fingerprint density at radius 3 is 0.541 bits per heavy atom. The fourth-order valence-electron chi connectivity index (χ4n) is 2.77. The van der Waals surface area contributed by atoms with E-state index < -0.39 is 5.41 Å². The van der Waals surface area contributed by atoms with Crippen molar-refractivity contribution in [1.29, 1.82) is 0 Å². The standard InChI is InChI=1S/C14H17NO3.S93/c1-14(2,3)13(17)15-11-7-12-9(4-5-18-12)6-10(11)8-16;1-3-5-7-9-11-13-15-17-19-21-23-25-27-29-31-33-35-37-39-41-43-45-47-49-51-53-55-57-59-61-63-65-67-69-71-73-75-77-79-81-83-85-87-89-91-93-92-90-88-86-84-82-80-78-76-74-72-70-68-66-64-62-60-58-56-54-52-50-48-46-44-42-40-38-36-34-32-30-28-26-24-22-20-18-16-14-12-10-8-6-4-2/h6-8H,4-5H2,1-3H3,(H,15,17);. The van der Waals surface area contributed by atoms with Crippen molar-refractivity contribution in [2.45, 2.75) is 27.2 Å². The van der Waals surface area contributed by atoms with E-state index in [4.69, 9.17) is 27.1 Å². The molecule has 0 aliphatic carbocycles. The Balaban J connectivity index is 0.00000295. The second kappa shape index (κ2) is 111. The lowest BCUT2D eigenvalue weighted by Crippen LogP contribution is -2.28. The van der Waals surface area contributed by atoms with Crippen molar-refractivity contribution in [1.82, 2.24) is 0 Å². The molecule has 111 heavy (non-hydrogen) atoms. The Kier molecular flexibility index (Phi) is 127. The molecule has 0 bridgehead atoms. The lowest BCUT2D eigenvalue weighted by molar-refractivity contribution is -0.123. The monoisotopic (exact) mass is 3220 g/mol.